The number of hydrogen-bond donors (Lipinski definition) is 0. The molecular formula is C17H14N2O. The zero-order chi connectivity index (χ0) is 13.5. The van der Waals surface area contributed by atoms with E-state index in [2.05, 4.69) is 24.3 Å². The summed E-state index contributed by atoms with van der Waals surface area (Å²) in [5.74, 6) is 0. The molecule has 0 atom stereocenters. The summed E-state index contributed by atoms with van der Waals surface area (Å²) in [6.07, 6.45) is 4.13. The average Bonchev–Trinajstić information content (AvgIpc) is 2.77. The quantitative estimate of drug-likeness (QED) is 0.697. The van der Waals surface area contributed by atoms with E-state index in [0.29, 0.717) is 13.1 Å². The number of hydrogen-bond acceptors (Lipinski definition) is 1. The standard InChI is InChI=1S/C17H14N2O/c20-17-18-11-5-9-14-8-4-10-15(16(14)18)19(17)12-13-6-2-1-3-7-13/h1-10H,11-12H2. The number of aromatic nitrogens is 2. The molecule has 0 spiro atoms. The van der Waals surface area contributed by atoms with Crippen LogP contribution in [0.2, 0.25) is 0 Å². The van der Waals surface area contributed by atoms with E-state index in [9.17, 15) is 4.79 Å². The highest BCUT2D eigenvalue weighted by Crippen LogP contribution is 2.23. The molecule has 3 nitrogen and oxygen atoms in total. The van der Waals surface area contributed by atoms with Crippen LogP contribution in [0.25, 0.3) is 17.1 Å². The highest BCUT2D eigenvalue weighted by molar-refractivity contribution is 5.87. The van der Waals surface area contributed by atoms with E-state index in [0.717, 1.165) is 22.2 Å². The zero-order valence-electron chi connectivity index (χ0n) is 11.0. The third-order valence-corrected chi connectivity index (χ3v) is 3.84. The summed E-state index contributed by atoms with van der Waals surface area (Å²) >= 11 is 0. The first kappa shape index (κ1) is 11.3. The SMILES string of the molecule is O=c1n(Cc2ccccc2)c2cccc3c2n1CC=C3. The van der Waals surface area contributed by atoms with Crippen LogP contribution in [0.5, 0.6) is 0 Å². The maximum absolute atomic E-state index is 12.6. The Morgan fingerprint density at radius 3 is 2.70 bits per heavy atom. The van der Waals surface area contributed by atoms with Gasteiger partial charge in [-0.05, 0) is 11.6 Å². The van der Waals surface area contributed by atoms with Gasteiger partial charge in [-0.25, -0.2) is 4.79 Å². The summed E-state index contributed by atoms with van der Waals surface area (Å²) in [6.45, 7) is 1.28. The van der Waals surface area contributed by atoms with Crippen molar-refractivity contribution in [2.24, 2.45) is 0 Å². The molecule has 2 heterocycles. The molecule has 0 radical (unpaired) electrons. The van der Waals surface area contributed by atoms with Crippen molar-refractivity contribution < 1.29 is 0 Å². The summed E-state index contributed by atoms with van der Waals surface area (Å²) in [5, 5.41) is 0. The molecule has 0 fully saturated rings. The molecule has 0 unspecified atom stereocenters. The van der Waals surface area contributed by atoms with Crippen molar-refractivity contribution in [1.29, 1.82) is 0 Å². The third kappa shape index (κ3) is 1.56. The summed E-state index contributed by atoms with van der Waals surface area (Å²) in [4.78, 5) is 12.6. The van der Waals surface area contributed by atoms with Crippen LogP contribution in [0, 0.1) is 0 Å². The molecule has 0 aliphatic carbocycles. The first-order valence-corrected chi connectivity index (χ1v) is 6.77. The molecule has 0 saturated carbocycles. The molecule has 3 aromatic rings. The molecule has 2 aromatic carbocycles. The fourth-order valence-corrected chi connectivity index (χ4v) is 2.91. The van der Waals surface area contributed by atoms with Crippen molar-refractivity contribution in [2.45, 2.75) is 13.1 Å². The normalized spacial score (nSPS) is 13.0. The fourth-order valence-electron chi connectivity index (χ4n) is 2.91. The number of allylic oxidation sites excluding steroid dienone is 1. The second-order valence-corrected chi connectivity index (χ2v) is 5.08. The van der Waals surface area contributed by atoms with Crippen molar-refractivity contribution >= 4 is 17.1 Å². The lowest BCUT2D eigenvalue weighted by Crippen LogP contribution is -2.24. The van der Waals surface area contributed by atoms with Crippen LogP contribution in [0.1, 0.15) is 11.1 Å². The predicted octanol–water partition coefficient (Wildman–Crippen LogP) is 2.88. The van der Waals surface area contributed by atoms with E-state index in [1.54, 1.807) is 0 Å². The lowest BCUT2D eigenvalue weighted by Gasteiger charge is -2.07. The molecule has 98 valence electrons. The van der Waals surface area contributed by atoms with E-state index in [1.165, 1.54) is 0 Å². The summed E-state index contributed by atoms with van der Waals surface area (Å²) in [7, 11) is 0. The Hall–Kier alpha value is -2.55. The lowest BCUT2D eigenvalue weighted by atomic mass is 10.1. The summed E-state index contributed by atoms with van der Waals surface area (Å²) < 4.78 is 3.72. The minimum atomic E-state index is 0.0700. The largest absolute Gasteiger partial charge is 0.329 e. The van der Waals surface area contributed by atoms with E-state index >= 15 is 0 Å². The monoisotopic (exact) mass is 262 g/mol. The Bertz CT molecular complexity index is 869. The zero-order valence-corrected chi connectivity index (χ0v) is 11.0. The summed E-state index contributed by atoms with van der Waals surface area (Å²) in [6, 6.07) is 16.2. The smallest absolute Gasteiger partial charge is 0.287 e. The molecule has 1 aliphatic rings. The molecule has 0 amide bonds. The first-order chi connectivity index (χ1) is 9.84. The van der Waals surface area contributed by atoms with Gasteiger partial charge in [0.1, 0.15) is 0 Å². The maximum Gasteiger partial charge on any atom is 0.329 e. The van der Waals surface area contributed by atoms with Gasteiger partial charge in [-0.15, -0.1) is 0 Å². The number of imidazole rings is 1. The minimum absolute atomic E-state index is 0.0700. The Morgan fingerprint density at radius 1 is 1.00 bits per heavy atom. The predicted molar refractivity (Wildman–Crippen MR) is 80.8 cm³/mol. The van der Waals surface area contributed by atoms with Crippen molar-refractivity contribution in [3.05, 3.63) is 76.2 Å². The number of nitrogens with zero attached hydrogens (tertiary/aromatic N) is 2. The molecule has 0 N–H and O–H groups in total. The van der Waals surface area contributed by atoms with Crippen molar-refractivity contribution in [3.63, 3.8) is 0 Å². The number of rotatable bonds is 2. The van der Waals surface area contributed by atoms with Gasteiger partial charge in [-0.2, -0.15) is 0 Å². The van der Waals surface area contributed by atoms with Crippen LogP contribution in [0.4, 0.5) is 0 Å². The van der Waals surface area contributed by atoms with Gasteiger partial charge in [0.2, 0.25) is 0 Å². The van der Waals surface area contributed by atoms with E-state index in [1.807, 2.05) is 45.5 Å². The highest BCUT2D eigenvalue weighted by atomic mass is 16.1. The van der Waals surface area contributed by atoms with Gasteiger partial charge in [0.25, 0.3) is 0 Å². The van der Waals surface area contributed by atoms with Crippen LogP contribution in [-0.4, -0.2) is 9.13 Å². The van der Waals surface area contributed by atoms with Gasteiger partial charge in [0.05, 0.1) is 17.6 Å². The second-order valence-electron chi connectivity index (χ2n) is 5.08. The van der Waals surface area contributed by atoms with Gasteiger partial charge < -0.3 is 0 Å². The molecule has 1 aromatic heterocycles. The topological polar surface area (TPSA) is 26.9 Å². The van der Waals surface area contributed by atoms with Crippen molar-refractivity contribution in [1.82, 2.24) is 9.13 Å². The molecule has 1 aliphatic heterocycles. The molecule has 4 rings (SSSR count). The van der Waals surface area contributed by atoms with Crippen LogP contribution >= 0.6 is 0 Å². The van der Waals surface area contributed by atoms with Gasteiger partial charge in [-0.3, -0.25) is 9.13 Å². The molecule has 20 heavy (non-hydrogen) atoms. The van der Waals surface area contributed by atoms with E-state index < -0.39 is 0 Å². The number of para-hydroxylation sites is 1. The minimum Gasteiger partial charge on any atom is -0.287 e. The second kappa shape index (κ2) is 4.23. The Labute approximate surface area is 116 Å². The van der Waals surface area contributed by atoms with Crippen molar-refractivity contribution in [2.75, 3.05) is 0 Å². The number of benzene rings is 2. The van der Waals surface area contributed by atoms with Gasteiger partial charge >= 0.3 is 5.69 Å². The fraction of sp³-hybridized carbons (Fsp3) is 0.118. The highest BCUT2D eigenvalue weighted by Gasteiger charge is 2.16. The van der Waals surface area contributed by atoms with Crippen molar-refractivity contribution in [3.8, 4) is 0 Å². The average molecular weight is 262 g/mol. The Kier molecular flexibility index (Phi) is 2.39. The summed E-state index contributed by atoms with van der Waals surface area (Å²) in [5.41, 5.74) is 4.40. The van der Waals surface area contributed by atoms with E-state index in [4.69, 9.17) is 0 Å². The Balaban J connectivity index is 1.96. The van der Waals surface area contributed by atoms with Crippen LogP contribution in [0.15, 0.2) is 59.4 Å². The molecule has 0 bridgehead atoms. The Morgan fingerprint density at radius 2 is 1.85 bits per heavy atom. The van der Waals surface area contributed by atoms with Crippen LogP contribution < -0.4 is 5.69 Å². The van der Waals surface area contributed by atoms with Crippen LogP contribution in [-0.2, 0) is 13.1 Å². The van der Waals surface area contributed by atoms with Gasteiger partial charge in [0.15, 0.2) is 0 Å². The van der Waals surface area contributed by atoms with Crippen LogP contribution in [0.3, 0.4) is 0 Å². The lowest BCUT2D eigenvalue weighted by molar-refractivity contribution is 0.708. The van der Waals surface area contributed by atoms with Gasteiger partial charge in [0, 0.05) is 12.1 Å². The third-order valence-electron chi connectivity index (χ3n) is 3.84. The molecule has 3 heteroatoms. The van der Waals surface area contributed by atoms with E-state index in [-0.39, 0.29) is 5.69 Å². The van der Waals surface area contributed by atoms with Gasteiger partial charge in [-0.1, -0.05) is 54.6 Å². The first-order valence-electron chi connectivity index (χ1n) is 6.77. The molecule has 0 saturated heterocycles. The maximum atomic E-state index is 12.6. The molecular weight excluding hydrogens is 248 g/mol.